The molecule has 66 valence electrons. The maximum atomic E-state index is 10.6. The van der Waals surface area contributed by atoms with Crippen LogP contribution in [0, 0.1) is 0 Å². The number of thioether (sulfide) groups is 1. The van der Waals surface area contributed by atoms with Crippen LogP contribution in [0.5, 0.6) is 0 Å². The largest absolute Gasteiger partial charge is 0.279 e. The Morgan fingerprint density at radius 1 is 1.73 bits per heavy atom. The first-order valence-corrected chi connectivity index (χ1v) is 5.26. The van der Waals surface area contributed by atoms with Gasteiger partial charge in [0.2, 0.25) is 5.24 Å². The van der Waals surface area contributed by atoms with E-state index < -0.39 is 11.3 Å². The molecule has 0 radical (unpaired) electrons. The fourth-order valence-electron chi connectivity index (χ4n) is 0.556. The van der Waals surface area contributed by atoms with Gasteiger partial charge in [-0.2, -0.15) is 11.8 Å². The van der Waals surface area contributed by atoms with Gasteiger partial charge in [0.1, 0.15) is 0 Å². The Balaban J connectivity index is 3.44. The highest BCUT2D eigenvalue weighted by Gasteiger charge is 2.13. The third-order valence-corrected chi connectivity index (χ3v) is 2.62. The fourth-order valence-corrected chi connectivity index (χ4v) is 1.68. The molecule has 0 heterocycles. The summed E-state index contributed by atoms with van der Waals surface area (Å²) in [5, 5.41) is -0.420. The van der Waals surface area contributed by atoms with Crippen LogP contribution in [0.2, 0.25) is 0 Å². The van der Waals surface area contributed by atoms with Crippen LogP contribution in [-0.2, 0) is 4.79 Å². The Morgan fingerprint density at radius 3 is 2.73 bits per heavy atom. The second kappa shape index (κ2) is 7.22. The monoisotopic (exact) mass is 215 g/mol. The Labute approximate surface area is 81.1 Å². The zero-order valence-corrected chi connectivity index (χ0v) is 8.60. The first-order valence-electron chi connectivity index (χ1n) is 3.35. The molecule has 11 heavy (non-hydrogen) atoms. The standard InChI is InChI=1S/C6H11Cl2NOS/c1-2-11-4-3-5(9-8)6(7)10/h5,9H,2-4H2,1H3/t5-/m0/s1. The summed E-state index contributed by atoms with van der Waals surface area (Å²) in [6.45, 7) is 2.07. The molecule has 0 aromatic carbocycles. The van der Waals surface area contributed by atoms with E-state index in [9.17, 15) is 4.79 Å². The molecule has 0 bridgehead atoms. The fraction of sp³-hybridized carbons (Fsp3) is 0.833. The molecule has 0 aliphatic rings. The molecule has 0 fully saturated rings. The minimum Gasteiger partial charge on any atom is -0.279 e. The van der Waals surface area contributed by atoms with Gasteiger partial charge in [0.05, 0.1) is 6.04 Å². The zero-order valence-electron chi connectivity index (χ0n) is 6.27. The number of carbonyl (C=O) groups excluding carboxylic acids is 1. The van der Waals surface area contributed by atoms with Crippen molar-refractivity contribution in [3.05, 3.63) is 0 Å². The molecule has 0 saturated carbocycles. The number of hydrogen-bond donors (Lipinski definition) is 1. The quantitative estimate of drug-likeness (QED) is 0.418. The van der Waals surface area contributed by atoms with E-state index in [0.717, 1.165) is 11.5 Å². The third kappa shape index (κ3) is 5.79. The minimum atomic E-state index is -0.420. The lowest BCUT2D eigenvalue weighted by Crippen LogP contribution is -2.27. The van der Waals surface area contributed by atoms with Gasteiger partial charge in [-0.15, -0.1) is 0 Å². The van der Waals surface area contributed by atoms with Crippen molar-refractivity contribution in [3.8, 4) is 0 Å². The lowest BCUT2D eigenvalue weighted by atomic mass is 10.3. The summed E-state index contributed by atoms with van der Waals surface area (Å²) in [7, 11) is 0. The van der Waals surface area contributed by atoms with E-state index in [4.69, 9.17) is 23.4 Å². The Hall–Kier alpha value is 0.560. The van der Waals surface area contributed by atoms with E-state index >= 15 is 0 Å². The summed E-state index contributed by atoms with van der Waals surface area (Å²) < 4.78 is 0. The molecule has 1 atom stereocenters. The maximum absolute atomic E-state index is 10.6. The van der Waals surface area contributed by atoms with Crippen LogP contribution in [-0.4, -0.2) is 22.8 Å². The summed E-state index contributed by atoms with van der Waals surface area (Å²) >= 11 is 12.3. The number of carbonyl (C=O) groups is 1. The van der Waals surface area contributed by atoms with E-state index in [-0.39, 0.29) is 0 Å². The number of hydrogen-bond acceptors (Lipinski definition) is 3. The smallest absolute Gasteiger partial charge is 0.239 e. The van der Waals surface area contributed by atoms with Gasteiger partial charge >= 0.3 is 0 Å². The molecule has 0 aromatic rings. The topological polar surface area (TPSA) is 29.1 Å². The van der Waals surface area contributed by atoms with Gasteiger partial charge in [0.25, 0.3) is 0 Å². The summed E-state index contributed by atoms with van der Waals surface area (Å²) in [5.41, 5.74) is 0. The average Bonchev–Trinajstić information content (AvgIpc) is 1.97. The highest BCUT2D eigenvalue weighted by molar-refractivity contribution is 7.99. The summed E-state index contributed by atoms with van der Waals surface area (Å²) in [5.74, 6) is 1.95. The van der Waals surface area contributed by atoms with Crippen molar-refractivity contribution in [2.75, 3.05) is 11.5 Å². The summed E-state index contributed by atoms with van der Waals surface area (Å²) in [6.07, 6.45) is 0.685. The van der Waals surface area contributed by atoms with Gasteiger partial charge in [-0.25, -0.2) is 4.84 Å². The number of halogens is 2. The van der Waals surface area contributed by atoms with Crippen molar-refractivity contribution in [2.45, 2.75) is 19.4 Å². The van der Waals surface area contributed by atoms with E-state index in [2.05, 4.69) is 11.8 Å². The lowest BCUT2D eigenvalue weighted by Gasteiger charge is -2.07. The molecule has 0 spiro atoms. The van der Waals surface area contributed by atoms with Gasteiger partial charge in [0.15, 0.2) is 0 Å². The van der Waals surface area contributed by atoms with E-state index in [1.807, 2.05) is 0 Å². The van der Waals surface area contributed by atoms with Crippen LogP contribution in [0.1, 0.15) is 13.3 Å². The normalized spacial score (nSPS) is 13.0. The number of nitrogens with one attached hydrogen (secondary N) is 1. The first-order chi connectivity index (χ1) is 5.22. The molecule has 0 aromatic heterocycles. The van der Waals surface area contributed by atoms with Crippen LogP contribution >= 0.6 is 35.1 Å². The van der Waals surface area contributed by atoms with Crippen molar-refractivity contribution in [2.24, 2.45) is 0 Å². The van der Waals surface area contributed by atoms with Gasteiger partial charge in [0, 0.05) is 0 Å². The molecule has 1 N–H and O–H groups in total. The van der Waals surface area contributed by atoms with Crippen molar-refractivity contribution < 1.29 is 4.79 Å². The second-order valence-corrected chi connectivity index (χ2v) is 3.94. The molecular weight excluding hydrogens is 205 g/mol. The van der Waals surface area contributed by atoms with Crippen LogP contribution in [0.25, 0.3) is 0 Å². The molecule has 0 rings (SSSR count). The van der Waals surface area contributed by atoms with Gasteiger partial charge in [-0.05, 0) is 41.3 Å². The van der Waals surface area contributed by atoms with Crippen molar-refractivity contribution >= 4 is 40.4 Å². The van der Waals surface area contributed by atoms with Gasteiger partial charge in [-0.1, -0.05) is 6.92 Å². The van der Waals surface area contributed by atoms with E-state index in [1.54, 1.807) is 11.8 Å². The summed E-state index contributed by atoms with van der Waals surface area (Å²) in [6, 6.07) is -0.405. The Bertz CT molecular complexity index is 123. The molecule has 0 saturated heterocycles. The highest BCUT2D eigenvalue weighted by Crippen LogP contribution is 2.06. The molecule has 0 unspecified atom stereocenters. The summed E-state index contributed by atoms with van der Waals surface area (Å²) in [4.78, 5) is 12.9. The Kier molecular flexibility index (Phi) is 7.59. The van der Waals surface area contributed by atoms with Gasteiger partial charge in [-0.3, -0.25) is 4.79 Å². The van der Waals surface area contributed by atoms with E-state index in [1.165, 1.54) is 0 Å². The first kappa shape index (κ1) is 11.6. The highest BCUT2D eigenvalue weighted by atomic mass is 35.5. The SMILES string of the molecule is CCSCC[C@H](NCl)C(=O)Cl. The molecule has 0 amide bonds. The molecular formula is C6H11Cl2NOS. The zero-order chi connectivity index (χ0) is 8.69. The molecule has 5 heteroatoms. The number of rotatable bonds is 6. The second-order valence-electron chi connectivity index (χ2n) is 1.95. The third-order valence-electron chi connectivity index (χ3n) is 1.16. The lowest BCUT2D eigenvalue weighted by molar-refractivity contribution is -0.113. The molecule has 0 aliphatic carbocycles. The Morgan fingerprint density at radius 2 is 2.36 bits per heavy atom. The van der Waals surface area contributed by atoms with Crippen LogP contribution in [0.3, 0.4) is 0 Å². The van der Waals surface area contributed by atoms with E-state index in [0.29, 0.717) is 6.42 Å². The van der Waals surface area contributed by atoms with Crippen LogP contribution in [0.15, 0.2) is 0 Å². The molecule has 0 aliphatic heterocycles. The average molecular weight is 216 g/mol. The predicted octanol–water partition coefficient (Wildman–Crippen LogP) is 2.01. The van der Waals surface area contributed by atoms with Crippen LogP contribution in [0.4, 0.5) is 0 Å². The maximum Gasteiger partial charge on any atom is 0.239 e. The van der Waals surface area contributed by atoms with Crippen molar-refractivity contribution in [3.63, 3.8) is 0 Å². The molecule has 2 nitrogen and oxygen atoms in total. The van der Waals surface area contributed by atoms with Crippen LogP contribution < -0.4 is 4.84 Å². The predicted molar refractivity (Wildman–Crippen MR) is 51.3 cm³/mol. The minimum absolute atomic E-state index is 0.405. The van der Waals surface area contributed by atoms with Gasteiger partial charge < -0.3 is 0 Å². The van der Waals surface area contributed by atoms with Crippen molar-refractivity contribution in [1.29, 1.82) is 0 Å². The van der Waals surface area contributed by atoms with Crippen molar-refractivity contribution in [1.82, 2.24) is 4.84 Å².